The Labute approximate surface area is 220 Å². The van der Waals surface area contributed by atoms with Gasteiger partial charge < -0.3 is 9.47 Å². The summed E-state index contributed by atoms with van der Waals surface area (Å²) in [5.74, 6) is 4.07. The number of benzene rings is 4. The highest BCUT2D eigenvalue weighted by atomic mass is 32.2. The second kappa shape index (κ2) is 10.3. The predicted molar refractivity (Wildman–Crippen MR) is 151 cm³/mol. The Bertz CT molecular complexity index is 1280. The first-order valence-corrected chi connectivity index (χ1v) is 15.6. The number of para-hydroxylation sites is 4. The Morgan fingerprint density at radius 1 is 0.528 bits per heavy atom. The predicted octanol–water partition coefficient (Wildman–Crippen LogP) is 9.01. The lowest BCUT2D eigenvalue weighted by Gasteiger charge is -2.31. The molecule has 0 saturated carbocycles. The quantitative estimate of drug-likeness (QED) is 0.230. The molecule has 2 aliphatic rings. The van der Waals surface area contributed by atoms with Crippen LogP contribution in [0.3, 0.4) is 0 Å². The maximum Gasteiger partial charge on any atom is 0.203 e. The van der Waals surface area contributed by atoms with E-state index in [0.717, 1.165) is 29.4 Å². The van der Waals surface area contributed by atoms with E-state index in [0.29, 0.717) is 10.5 Å². The zero-order chi connectivity index (χ0) is 24.5. The molecule has 0 amide bonds. The number of ether oxygens (including phenoxy) is 2. The Morgan fingerprint density at radius 3 is 1.25 bits per heavy atom. The molecule has 36 heavy (non-hydrogen) atoms. The van der Waals surface area contributed by atoms with Gasteiger partial charge >= 0.3 is 0 Å². The van der Waals surface area contributed by atoms with Crippen molar-refractivity contribution in [3.05, 3.63) is 97.1 Å². The van der Waals surface area contributed by atoms with Crippen molar-refractivity contribution in [3.63, 3.8) is 0 Å². The molecule has 0 radical (unpaired) electrons. The van der Waals surface area contributed by atoms with Crippen LogP contribution in [0.5, 0.6) is 23.0 Å². The van der Waals surface area contributed by atoms with E-state index in [2.05, 4.69) is 111 Å². The molecular weight excluding hydrogens is 480 g/mol. The maximum absolute atomic E-state index is 6.42. The molecule has 4 heteroatoms. The van der Waals surface area contributed by atoms with E-state index >= 15 is 0 Å². The largest absolute Gasteiger partial charge is 0.447 e. The van der Waals surface area contributed by atoms with Gasteiger partial charge in [0.25, 0.3) is 0 Å². The normalized spacial score (nSPS) is 15.9. The fourth-order valence-corrected chi connectivity index (χ4v) is 11.8. The standard InChI is InChI=1S/C32H32O2S2/c1-3-5-18-32(36-30-21-12-8-16-25(30)34-26-17-9-13-22-31(26)36)27(4-2)35-28-19-10-6-14-23(28)33-24-15-7-11-20-29(24)35/h6-17,19-22,27,32H,3-5,18H2,1-2H3/q+2/t27-,32-/m0/s1. The minimum absolute atomic E-state index is 0.0779. The summed E-state index contributed by atoms with van der Waals surface area (Å²) < 4.78 is 12.8. The lowest BCUT2D eigenvalue weighted by atomic mass is 10.1. The first-order valence-electron chi connectivity index (χ1n) is 13.0. The van der Waals surface area contributed by atoms with Gasteiger partial charge in [-0.2, -0.15) is 0 Å². The molecule has 4 aromatic carbocycles. The third kappa shape index (κ3) is 4.10. The molecule has 0 spiro atoms. The van der Waals surface area contributed by atoms with Crippen molar-refractivity contribution in [1.82, 2.24) is 0 Å². The summed E-state index contributed by atoms with van der Waals surface area (Å²) in [4.78, 5) is 5.41. The van der Waals surface area contributed by atoms with E-state index in [1.165, 1.54) is 38.8 Å². The molecule has 4 aromatic rings. The van der Waals surface area contributed by atoms with Crippen LogP contribution in [0.1, 0.15) is 39.5 Å². The third-order valence-electron chi connectivity index (χ3n) is 7.05. The van der Waals surface area contributed by atoms with Crippen molar-refractivity contribution in [2.45, 2.75) is 69.6 Å². The van der Waals surface area contributed by atoms with Crippen LogP contribution in [-0.4, -0.2) is 10.5 Å². The minimum atomic E-state index is -0.0800. The van der Waals surface area contributed by atoms with Gasteiger partial charge in [0, 0.05) is 6.42 Å². The van der Waals surface area contributed by atoms with E-state index in [-0.39, 0.29) is 21.8 Å². The number of unbranched alkanes of at least 4 members (excludes halogenated alkanes) is 1. The van der Waals surface area contributed by atoms with Gasteiger partial charge in [0.1, 0.15) is 0 Å². The van der Waals surface area contributed by atoms with Crippen molar-refractivity contribution in [2.24, 2.45) is 0 Å². The first-order chi connectivity index (χ1) is 17.8. The lowest BCUT2D eigenvalue weighted by Crippen LogP contribution is -2.41. The Balaban J connectivity index is 1.53. The van der Waals surface area contributed by atoms with Gasteiger partial charge in [0.2, 0.25) is 19.6 Å². The second-order valence-electron chi connectivity index (χ2n) is 9.29. The molecule has 2 aliphatic heterocycles. The molecule has 2 nitrogen and oxygen atoms in total. The monoisotopic (exact) mass is 512 g/mol. The molecule has 2 heterocycles. The van der Waals surface area contributed by atoms with Crippen LogP contribution in [0.25, 0.3) is 0 Å². The van der Waals surface area contributed by atoms with Crippen LogP contribution in [-0.2, 0) is 21.8 Å². The van der Waals surface area contributed by atoms with E-state index < -0.39 is 0 Å². The van der Waals surface area contributed by atoms with Gasteiger partial charge in [-0.1, -0.05) is 68.8 Å². The molecule has 0 saturated heterocycles. The molecule has 0 unspecified atom stereocenters. The zero-order valence-electron chi connectivity index (χ0n) is 20.9. The van der Waals surface area contributed by atoms with E-state index in [1.54, 1.807) is 0 Å². The van der Waals surface area contributed by atoms with Gasteiger partial charge in [0.05, 0.1) is 21.8 Å². The van der Waals surface area contributed by atoms with Crippen LogP contribution in [0.15, 0.2) is 117 Å². The fourth-order valence-electron chi connectivity index (χ4n) is 5.43. The summed E-state index contributed by atoms with van der Waals surface area (Å²) in [5.41, 5.74) is 0. The molecule has 0 bridgehead atoms. The number of rotatable bonds is 7. The highest BCUT2D eigenvalue weighted by molar-refractivity contribution is 8.01. The average Bonchev–Trinajstić information content (AvgIpc) is 2.93. The van der Waals surface area contributed by atoms with Gasteiger partial charge in [0.15, 0.2) is 33.5 Å². The molecule has 0 aromatic heterocycles. The summed E-state index contributed by atoms with van der Waals surface area (Å²) in [6.07, 6.45) is 4.76. The Morgan fingerprint density at radius 2 is 0.889 bits per heavy atom. The van der Waals surface area contributed by atoms with E-state index in [4.69, 9.17) is 9.47 Å². The zero-order valence-corrected chi connectivity index (χ0v) is 22.5. The van der Waals surface area contributed by atoms with Crippen LogP contribution >= 0.6 is 0 Å². The number of hydrogen-bond acceptors (Lipinski definition) is 2. The van der Waals surface area contributed by atoms with E-state index in [9.17, 15) is 0 Å². The highest BCUT2D eigenvalue weighted by Crippen LogP contribution is 2.52. The topological polar surface area (TPSA) is 18.5 Å². The fraction of sp³-hybridized carbons (Fsp3) is 0.250. The lowest BCUT2D eigenvalue weighted by molar-refractivity contribution is 0.449. The molecular formula is C32H32O2S2+2. The van der Waals surface area contributed by atoms with Crippen LogP contribution in [0, 0.1) is 0 Å². The van der Waals surface area contributed by atoms with Crippen molar-refractivity contribution >= 4 is 21.8 Å². The smallest absolute Gasteiger partial charge is 0.203 e. The van der Waals surface area contributed by atoms with Crippen LogP contribution < -0.4 is 9.47 Å². The van der Waals surface area contributed by atoms with Crippen molar-refractivity contribution in [2.75, 3.05) is 0 Å². The second-order valence-corrected chi connectivity index (χ2v) is 13.6. The summed E-state index contributed by atoms with van der Waals surface area (Å²) >= 11 is 0. The molecule has 0 aliphatic carbocycles. The van der Waals surface area contributed by atoms with Crippen molar-refractivity contribution in [1.29, 1.82) is 0 Å². The minimum Gasteiger partial charge on any atom is -0.447 e. The highest BCUT2D eigenvalue weighted by Gasteiger charge is 2.55. The van der Waals surface area contributed by atoms with Crippen LogP contribution in [0.2, 0.25) is 0 Å². The van der Waals surface area contributed by atoms with Gasteiger partial charge in [-0.05, 0) is 61.4 Å². The van der Waals surface area contributed by atoms with Gasteiger partial charge in [-0.25, -0.2) is 0 Å². The van der Waals surface area contributed by atoms with Crippen LogP contribution in [0.4, 0.5) is 0 Å². The summed E-state index contributed by atoms with van der Waals surface area (Å²) in [6, 6.07) is 34.8. The first kappa shape index (κ1) is 23.6. The molecule has 6 rings (SSSR count). The number of fused-ring (bicyclic) bond motifs is 4. The van der Waals surface area contributed by atoms with Crippen molar-refractivity contribution < 1.29 is 9.47 Å². The molecule has 182 valence electrons. The van der Waals surface area contributed by atoms with Gasteiger partial charge in [-0.15, -0.1) is 0 Å². The number of hydrogen-bond donors (Lipinski definition) is 0. The third-order valence-corrected chi connectivity index (χ3v) is 12.9. The molecule has 0 fully saturated rings. The Hall–Kier alpha value is -2.82. The summed E-state index contributed by atoms with van der Waals surface area (Å²) in [7, 11) is -0.158. The SMILES string of the molecule is CCCC[C@@H]([C@H](CC)[S+]1c2ccccc2Oc2ccccc21)[S+]1c2ccccc2Oc2ccccc21. The summed E-state index contributed by atoms with van der Waals surface area (Å²) in [5, 5.41) is 0.994. The van der Waals surface area contributed by atoms with Gasteiger partial charge in [-0.3, -0.25) is 0 Å². The molecule has 2 atom stereocenters. The Kier molecular flexibility index (Phi) is 6.73. The van der Waals surface area contributed by atoms with E-state index in [1.807, 2.05) is 0 Å². The summed E-state index contributed by atoms with van der Waals surface area (Å²) in [6.45, 7) is 4.70. The van der Waals surface area contributed by atoms with Crippen molar-refractivity contribution in [3.8, 4) is 23.0 Å². The maximum atomic E-state index is 6.42. The molecule has 0 N–H and O–H groups in total. The average molecular weight is 513 g/mol.